The fourth-order valence-electron chi connectivity index (χ4n) is 1.83. The number of carbonyl (C=O) groups is 1. The van der Waals surface area contributed by atoms with E-state index < -0.39 is 5.82 Å². The molecule has 0 aliphatic carbocycles. The minimum atomic E-state index is -0.451. The average molecular weight is 277 g/mol. The molecule has 1 rings (SSSR count). The van der Waals surface area contributed by atoms with E-state index in [-0.39, 0.29) is 12.5 Å². The Bertz CT molecular complexity index is 531. The third kappa shape index (κ3) is 4.36. The molecule has 1 atom stereocenters. The first-order valence-corrected chi connectivity index (χ1v) is 6.64. The highest BCUT2D eigenvalue weighted by Gasteiger charge is 2.17. The maximum absolute atomic E-state index is 13.2. The highest BCUT2D eigenvalue weighted by atomic mass is 19.1. The third-order valence-corrected chi connectivity index (χ3v) is 3.14. The fourth-order valence-corrected chi connectivity index (χ4v) is 1.83. The third-order valence-electron chi connectivity index (χ3n) is 3.14. The van der Waals surface area contributed by atoms with Crippen LogP contribution in [0.25, 0.3) is 0 Å². The van der Waals surface area contributed by atoms with E-state index in [1.54, 1.807) is 11.9 Å². The summed E-state index contributed by atoms with van der Waals surface area (Å²) in [6, 6.07) is 3.90. The van der Waals surface area contributed by atoms with Gasteiger partial charge in [-0.15, -0.1) is 0 Å². The summed E-state index contributed by atoms with van der Waals surface area (Å²) in [5.41, 5.74) is 0.665. The topological polar surface area (TPSA) is 40.5 Å². The number of rotatable bonds is 4. The van der Waals surface area contributed by atoms with Gasteiger partial charge in [0.05, 0.1) is 5.56 Å². The number of benzene rings is 1. The molecule has 1 N–H and O–H groups in total. The number of nitrogens with zero attached hydrogens (tertiary/aromatic N) is 1. The summed E-state index contributed by atoms with van der Waals surface area (Å²) < 4.78 is 13.2. The Morgan fingerprint density at radius 1 is 1.50 bits per heavy atom. The van der Waals surface area contributed by atoms with Crippen molar-refractivity contribution in [2.24, 2.45) is 5.92 Å². The summed E-state index contributed by atoms with van der Waals surface area (Å²) in [7, 11) is 1.72. The van der Waals surface area contributed by atoms with E-state index in [1.165, 1.54) is 18.2 Å². The zero-order valence-corrected chi connectivity index (χ0v) is 12.1. The first-order chi connectivity index (χ1) is 9.49. The molecule has 0 saturated carbocycles. The number of aliphatic hydroxyl groups is 1. The van der Waals surface area contributed by atoms with E-state index in [0.717, 1.165) is 6.42 Å². The van der Waals surface area contributed by atoms with Crippen LogP contribution in [0.1, 0.15) is 36.2 Å². The summed E-state index contributed by atoms with van der Waals surface area (Å²) in [5, 5.41) is 8.72. The van der Waals surface area contributed by atoms with Gasteiger partial charge in [-0.3, -0.25) is 4.79 Å². The Morgan fingerprint density at radius 2 is 2.20 bits per heavy atom. The zero-order valence-electron chi connectivity index (χ0n) is 12.1. The van der Waals surface area contributed by atoms with Crippen LogP contribution < -0.4 is 0 Å². The van der Waals surface area contributed by atoms with Gasteiger partial charge in [-0.25, -0.2) is 4.39 Å². The van der Waals surface area contributed by atoms with Crippen molar-refractivity contribution in [3.05, 3.63) is 35.1 Å². The van der Waals surface area contributed by atoms with Crippen LogP contribution in [-0.4, -0.2) is 36.1 Å². The van der Waals surface area contributed by atoms with E-state index in [4.69, 9.17) is 5.11 Å². The van der Waals surface area contributed by atoms with Crippen molar-refractivity contribution in [3.8, 4) is 11.8 Å². The second kappa shape index (κ2) is 7.66. The molecule has 0 radical (unpaired) electrons. The van der Waals surface area contributed by atoms with Crippen LogP contribution in [0.5, 0.6) is 0 Å². The Kier molecular flexibility index (Phi) is 6.20. The molecule has 1 amide bonds. The Balaban J connectivity index is 3.03. The van der Waals surface area contributed by atoms with E-state index in [1.807, 2.05) is 0 Å². The minimum absolute atomic E-state index is 0.187. The van der Waals surface area contributed by atoms with Crippen LogP contribution in [-0.2, 0) is 0 Å². The van der Waals surface area contributed by atoms with Crippen LogP contribution in [0.2, 0.25) is 0 Å². The van der Waals surface area contributed by atoms with Crippen LogP contribution in [0.4, 0.5) is 4.39 Å². The van der Waals surface area contributed by atoms with Gasteiger partial charge in [0.2, 0.25) is 0 Å². The summed E-state index contributed by atoms with van der Waals surface area (Å²) in [6.07, 6.45) is 0.984. The van der Waals surface area contributed by atoms with Crippen molar-refractivity contribution >= 4 is 5.91 Å². The number of hydrogen-bond donors (Lipinski definition) is 1. The van der Waals surface area contributed by atoms with E-state index in [9.17, 15) is 9.18 Å². The van der Waals surface area contributed by atoms with Crippen LogP contribution in [0.15, 0.2) is 18.2 Å². The molecule has 0 fully saturated rings. The normalized spacial score (nSPS) is 11.4. The van der Waals surface area contributed by atoms with Crippen molar-refractivity contribution in [2.75, 3.05) is 20.2 Å². The molecule has 0 aliphatic heterocycles. The lowest BCUT2D eigenvalue weighted by Crippen LogP contribution is -2.31. The first-order valence-electron chi connectivity index (χ1n) is 6.64. The van der Waals surface area contributed by atoms with Gasteiger partial charge in [-0.1, -0.05) is 32.1 Å². The lowest BCUT2D eigenvalue weighted by atomic mass is 10.0. The predicted molar refractivity (Wildman–Crippen MR) is 76.8 cm³/mol. The molecule has 0 aliphatic rings. The highest BCUT2D eigenvalue weighted by molar-refractivity contribution is 5.96. The van der Waals surface area contributed by atoms with Gasteiger partial charge in [0.1, 0.15) is 12.4 Å². The van der Waals surface area contributed by atoms with Gasteiger partial charge in [-0.05, 0) is 24.1 Å². The molecule has 0 spiro atoms. The minimum Gasteiger partial charge on any atom is -0.384 e. The molecule has 108 valence electrons. The van der Waals surface area contributed by atoms with Crippen LogP contribution >= 0.6 is 0 Å². The molecule has 1 aromatic carbocycles. The zero-order chi connectivity index (χ0) is 15.1. The molecule has 0 heterocycles. The van der Waals surface area contributed by atoms with Crippen molar-refractivity contribution < 1.29 is 14.3 Å². The summed E-state index contributed by atoms with van der Waals surface area (Å²) in [5.74, 6) is 4.83. The smallest absolute Gasteiger partial charge is 0.254 e. The maximum Gasteiger partial charge on any atom is 0.254 e. The second-order valence-corrected chi connectivity index (χ2v) is 4.85. The van der Waals surface area contributed by atoms with Gasteiger partial charge in [0.15, 0.2) is 0 Å². The quantitative estimate of drug-likeness (QED) is 0.858. The Hall–Kier alpha value is -1.86. The summed E-state index contributed by atoms with van der Waals surface area (Å²) >= 11 is 0. The van der Waals surface area contributed by atoms with Gasteiger partial charge in [0.25, 0.3) is 5.91 Å². The molecule has 0 bridgehead atoms. The molecule has 0 aromatic heterocycles. The maximum atomic E-state index is 13.2. The molecule has 0 saturated heterocycles. The average Bonchev–Trinajstić information content (AvgIpc) is 2.44. The SMILES string of the molecule is CCC(C)CN(C)C(=O)c1ccc(F)cc1C#CCO. The van der Waals surface area contributed by atoms with Crippen molar-refractivity contribution in [3.63, 3.8) is 0 Å². The molecule has 20 heavy (non-hydrogen) atoms. The highest BCUT2D eigenvalue weighted by Crippen LogP contribution is 2.14. The van der Waals surface area contributed by atoms with Crippen molar-refractivity contribution in [1.82, 2.24) is 4.90 Å². The van der Waals surface area contributed by atoms with Crippen molar-refractivity contribution in [1.29, 1.82) is 0 Å². The molecule has 1 unspecified atom stereocenters. The van der Waals surface area contributed by atoms with Crippen molar-refractivity contribution in [2.45, 2.75) is 20.3 Å². The number of halogens is 1. The second-order valence-electron chi connectivity index (χ2n) is 4.85. The number of hydrogen-bond acceptors (Lipinski definition) is 2. The standard InChI is InChI=1S/C16H20FNO2/c1-4-12(2)11-18(3)16(20)15-8-7-14(17)10-13(15)6-5-9-19/h7-8,10,12,19H,4,9,11H2,1-3H3. The van der Waals surface area contributed by atoms with Gasteiger partial charge < -0.3 is 10.0 Å². The molecular weight excluding hydrogens is 257 g/mol. The number of amides is 1. The van der Waals surface area contributed by atoms with Gasteiger partial charge >= 0.3 is 0 Å². The largest absolute Gasteiger partial charge is 0.384 e. The molecule has 1 aromatic rings. The van der Waals surface area contributed by atoms with Gasteiger partial charge in [0, 0.05) is 19.2 Å². The summed E-state index contributed by atoms with van der Waals surface area (Å²) in [4.78, 5) is 14.0. The predicted octanol–water partition coefficient (Wildman–Crippen LogP) is 2.29. The van der Waals surface area contributed by atoms with Crippen LogP contribution in [0.3, 0.4) is 0 Å². The lowest BCUT2D eigenvalue weighted by molar-refractivity contribution is 0.0774. The molecular formula is C16H20FNO2. The Labute approximate surface area is 119 Å². The number of aliphatic hydroxyl groups excluding tert-OH is 1. The van der Waals surface area contributed by atoms with Gasteiger partial charge in [-0.2, -0.15) is 0 Å². The lowest BCUT2D eigenvalue weighted by Gasteiger charge is -2.21. The molecule has 3 nitrogen and oxygen atoms in total. The van der Waals surface area contributed by atoms with E-state index in [0.29, 0.717) is 23.6 Å². The molecule has 4 heteroatoms. The fraction of sp³-hybridized carbons (Fsp3) is 0.438. The number of carbonyl (C=O) groups excluding carboxylic acids is 1. The first kappa shape index (κ1) is 16.2. The Morgan fingerprint density at radius 3 is 2.80 bits per heavy atom. The van der Waals surface area contributed by atoms with E-state index >= 15 is 0 Å². The van der Waals surface area contributed by atoms with E-state index in [2.05, 4.69) is 25.7 Å². The monoisotopic (exact) mass is 277 g/mol. The summed E-state index contributed by atoms with van der Waals surface area (Å²) in [6.45, 7) is 4.45. The van der Waals surface area contributed by atoms with Crippen LogP contribution in [0, 0.1) is 23.6 Å².